The Balaban J connectivity index is 1.94. The molecule has 5 heteroatoms. The van der Waals surface area contributed by atoms with Crippen molar-refractivity contribution in [2.45, 2.75) is 19.8 Å². The van der Waals surface area contributed by atoms with Crippen molar-refractivity contribution < 1.29 is 0 Å². The van der Waals surface area contributed by atoms with E-state index in [2.05, 4.69) is 0 Å². The molecular formula is C19H14Cl2N2O. The summed E-state index contributed by atoms with van der Waals surface area (Å²) in [6, 6.07) is 9.25. The molecule has 3 aromatic rings. The summed E-state index contributed by atoms with van der Waals surface area (Å²) in [6.07, 6.45) is 5.23. The number of rotatable bonds is 1. The van der Waals surface area contributed by atoms with E-state index < -0.39 is 0 Å². The fourth-order valence-electron chi connectivity index (χ4n) is 3.11. The zero-order chi connectivity index (χ0) is 16.8. The summed E-state index contributed by atoms with van der Waals surface area (Å²) < 4.78 is 1.62. The van der Waals surface area contributed by atoms with Crippen LogP contribution in [0.3, 0.4) is 0 Å². The van der Waals surface area contributed by atoms with Crippen LogP contribution in [0.4, 0.5) is 0 Å². The van der Waals surface area contributed by atoms with E-state index in [9.17, 15) is 4.79 Å². The third-order valence-corrected chi connectivity index (χ3v) is 4.99. The van der Waals surface area contributed by atoms with E-state index in [4.69, 9.17) is 28.2 Å². The molecule has 0 atom stereocenters. The number of fused-ring (bicyclic) bond motifs is 2. The molecule has 4 rings (SSSR count). The van der Waals surface area contributed by atoms with E-state index in [0.29, 0.717) is 22.1 Å². The van der Waals surface area contributed by atoms with Crippen LogP contribution in [0.1, 0.15) is 28.8 Å². The summed E-state index contributed by atoms with van der Waals surface area (Å²) in [5, 5.41) is 1.19. The molecule has 0 saturated carbocycles. The minimum Gasteiger partial charge on any atom is -0.269 e. The van der Waals surface area contributed by atoms with Crippen LogP contribution in [0.2, 0.25) is 10.0 Å². The Morgan fingerprint density at radius 2 is 1.88 bits per heavy atom. The van der Waals surface area contributed by atoms with Crippen LogP contribution >= 0.6 is 23.2 Å². The van der Waals surface area contributed by atoms with Crippen molar-refractivity contribution in [1.82, 2.24) is 9.38 Å². The lowest BCUT2D eigenvalue weighted by Crippen LogP contribution is -2.19. The molecule has 0 radical (unpaired) electrons. The van der Waals surface area contributed by atoms with Gasteiger partial charge in [0, 0.05) is 27.4 Å². The van der Waals surface area contributed by atoms with Crippen molar-refractivity contribution in [3.8, 4) is 0 Å². The van der Waals surface area contributed by atoms with Gasteiger partial charge in [0.25, 0.3) is 5.56 Å². The topological polar surface area (TPSA) is 34.4 Å². The van der Waals surface area contributed by atoms with E-state index >= 15 is 0 Å². The molecule has 24 heavy (non-hydrogen) atoms. The molecule has 0 spiro atoms. The molecule has 2 aromatic heterocycles. The number of hydrogen-bond acceptors (Lipinski definition) is 2. The normalized spacial score (nSPS) is 15.2. The number of nitrogens with zero attached hydrogens (tertiary/aromatic N) is 2. The van der Waals surface area contributed by atoms with Crippen LogP contribution < -0.4 is 5.56 Å². The Labute approximate surface area is 149 Å². The molecule has 1 aliphatic carbocycles. The van der Waals surface area contributed by atoms with Crippen LogP contribution in [0.5, 0.6) is 0 Å². The van der Waals surface area contributed by atoms with Gasteiger partial charge in [0.2, 0.25) is 0 Å². The first-order valence-electron chi connectivity index (χ1n) is 7.71. The summed E-state index contributed by atoms with van der Waals surface area (Å²) >= 11 is 12.5. The molecule has 0 aliphatic heterocycles. The molecule has 0 unspecified atom stereocenters. The zero-order valence-corrected chi connectivity index (χ0v) is 14.5. The Morgan fingerprint density at radius 3 is 2.62 bits per heavy atom. The van der Waals surface area contributed by atoms with Gasteiger partial charge in [0.05, 0.1) is 5.69 Å². The number of halogens is 2. The third-order valence-electron chi connectivity index (χ3n) is 4.33. The summed E-state index contributed by atoms with van der Waals surface area (Å²) in [6.45, 7) is 1.96. The molecule has 2 heterocycles. The Morgan fingerprint density at radius 1 is 1.12 bits per heavy atom. The van der Waals surface area contributed by atoms with E-state index in [1.807, 2.05) is 37.4 Å². The number of hydrogen-bond donors (Lipinski definition) is 0. The predicted molar refractivity (Wildman–Crippen MR) is 98.9 cm³/mol. The van der Waals surface area contributed by atoms with E-state index in [1.54, 1.807) is 16.5 Å². The van der Waals surface area contributed by atoms with Gasteiger partial charge >= 0.3 is 0 Å². The standard InChI is InChI=1S/C19H14Cl2N2O/c1-11-5-8-17-22-18-12(6-7-13(18)19(24)23(17)10-11)9-14-15(20)3-2-4-16(14)21/h2-5,8-10H,6-7H2,1H3. The fourth-order valence-corrected chi connectivity index (χ4v) is 3.62. The average molecular weight is 357 g/mol. The predicted octanol–water partition coefficient (Wildman–Crippen LogP) is 4.80. The fraction of sp³-hybridized carbons (Fsp3) is 0.158. The van der Waals surface area contributed by atoms with Crippen LogP contribution in [0.15, 0.2) is 41.3 Å². The maximum atomic E-state index is 12.7. The highest BCUT2D eigenvalue weighted by Gasteiger charge is 2.23. The summed E-state index contributed by atoms with van der Waals surface area (Å²) in [4.78, 5) is 17.5. The van der Waals surface area contributed by atoms with Crippen molar-refractivity contribution in [2.75, 3.05) is 0 Å². The van der Waals surface area contributed by atoms with Gasteiger partial charge in [-0.3, -0.25) is 9.20 Å². The van der Waals surface area contributed by atoms with Gasteiger partial charge in [0.15, 0.2) is 0 Å². The monoisotopic (exact) mass is 356 g/mol. The first-order valence-corrected chi connectivity index (χ1v) is 8.47. The van der Waals surface area contributed by atoms with Gasteiger partial charge in [-0.2, -0.15) is 0 Å². The Kier molecular flexibility index (Phi) is 3.70. The molecule has 1 aliphatic rings. The molecule has 0 amide bonds. The molecule has 1 aromatic carbocycles. The molecule has 120 valence electrons. The summed E-state index contributed by atoms with van der Waals surface area (Å²) in [7, 11) is 0. The highest BCUT2D eigenvalue weighted by Crippen LogP contribution is 2.34. The lowest BCUT2D eigenvalue weighted by molar-refractivity contribution is 0.965. The van der Waals surface area contributed by atoms with Crippen LogP contribution in [-0.4, -0.2) is 9.38 Å². The number of aryl methyl sites for hydroxylation is 1. The van der Waals surface area contributed by atoms with Crippen molar-refractivity contribution >= 4 is 40.5 Å². The van der Waals surface area contributed by atoms with Crippen molar-refractivity contribution in [3.05, 3.63) is 79.3 Å². The van der Waals surface area contributed by atoms with Gasteiger partial charge in [0.1, 0.15) is 5.65 Å². The summed E-state index contributed by atoms with van der Waals surface area (Å²) in [5.41, 5.74) is 4.99. The quantitative estimate of drug-likeness (QED) is 0.627. The molecule has 3 nitrogen and oxygen atoms in total. The van der Waals surface area contributed by atoms with Gasteiger partial charge in [-0.25, -0.2) is 4.98 Å². The van der Waals surface area contributed by atoms with E-state index in [-0.39, 0.29) is 5.56 Å². The van der Waals surface area contributed by atoms with Gasteiger partial charge in [-0.15, -0.1) is 0 Å². The molecular weight excluding hydrogens is 343 g/mol. The second-order valence-corrected chi connectivity index (χ2v) is 6.80. The molecule has 0 N–H and O–H groups in total. The maximum absolute atomic E-state index is 12.7. The van der Waals surface area contributed by atoms with Crippen molar-refractivity contribution in [2.24, 2.45) is 0 Å². The summed E-state index contributed by atoms with van der Waals surface area (Å²) in [5.74, 6) is 0. The highest BCUT2D eigenvalue weighted by molar-refractivity contribution is 6.37. The molecule has 0 bridgehead atoms. The SMILES string of the molecule is Cc1ccc2nc3c(c(=O)n2c1)CCC3=Cc1c(Cl)cccc1Cl. The first kappa shape index (κ1) is 15.4. The minimum absolute atomic E-state index is 0.00681. The Bertz CT molecular complexity index is 1050. The number of aromatic nitrogens is 2. The highest BCUT2D eigenvalue weighted by atomic mass is 35.5. The van der Waals surface area contributed by atoms with Crippen molar-refractivity contribution in [3.63, 3.8) is 0 Å². The van der Waals surface area contributed by atoms with Gasteiger partial charge in [-0.05, 0) is 55.2 Å². The number of pyridine rings is 1. The van der Waals surface area contributed by atoms with Crippen LogP contribution in [0, 0.1) is 6.92 Å². The Hall–Kier alpha value is -2.10. The molecule has 0 saturated heterocycles. The van der Waals surface area contributed by atoms with Crippen LogP contribution in [-0.2, 0) is 6.42 Å². The lowest BCUT2D eigenvalue weighted by Gasteiger charge is -2.07. The largest absolute Gasteiger partial charge is 0.269 e. The minimum atomic E-state index is 0.00681. The molecule has 0 fully saturated rings. The maximum Gasteiger partial charge on any atom is 0.261 e. The lowest BCUT2D eigenvalue weighted by atomic mass is 10.1. The number of benzene rings is 1. The second-order valence-electron chi connectivity index (χ2n) is 5.98. The van der Waals surface area contributed by atoms with E-state index in [0.717, 1.165) is 34.4 Å². The van der Waals surface area contributed by atoms with Gasteiger partial charge in [-0.1, -0.05) is 35.3 Å². The first-order chi connectivity index (χ1) is 11.5. The van der Waals surface area contributed by atoms with Crippen LogP contribution in [0.25, 0.3) is 17.3 Å². The third kappa shape index (κ3) is 2.45. The smallest absolute Gasteiger partial charge is 0.261 e. The van der Waals surface area contributed by atoms with E-state index in [1.165, 1.54) is 0 Å². The van der Waals surface area contributed by atoms with Crippen molar-refractivity contribution in [1.29, 1.82) is 0 Å². The number of allylic oxidation sites excluding steroid dienone is 1. The zero-order valence-electron chi connectivity index (χ0n) is 13.0. The van der Waals surface area contributed by atoms with Gasteiger partial charge < -0.3 is 0 Å². The second kappa shape index (κ2) is 5.76. The average Bonchev–Trinajstić information content (AvgIpc) is 2.95.